The molecule has 0 amide bonds. The molecule has 2 aromatic carbocycles. The Morgan fingerprint density at radius 3 is 2.70 bits per heavy atom. The summed E-state index contributed by atoms with van der Waals surface area (Å²) in [4.78, 5) is 11.8. The van der Waals surface area contributed by atoms with Crippen LogP contribution in [-0.2, 0) is 10.0 Å². The molecule has 0 N–H and O–H groups in total. The average molecular weight is 385 g/mol. The van der Waals surface area contributed by atoms with Crippen molar-refractivity contribution < 1.29 is 17.6 Å². The van der Waals surface area contributed by atoms with E-state index in [0.717, 1.165) is 5.39 Å². The molecule has 6 nitrogen and oxygen atoms in total. The zero-order valence-electron chi connectivity index (χ0n) is 14.8. The molecule has 27 heavy (non-hydrogen) atoms. The summed E-state index contributed by atoms with van der Waals surface area (Å²) in [7, 11) is -3.63. The lowest BCUT2D eigenvalue weighted by Gasteiger charge is -2.18. The van der Waals surface area contributed by atoms with Crippen molar-refractivity contribution in [3.63, 3.8) is 0 Å². The molecule has 2 heterocycles. The van der Waals surface area contributed by atoms with E-state index in [-0.39, 0.29) is 12.6 Å². The van der Waals surface area contributed by atoms with Gasteiger partial charge in [0.25, 0.3) is 0 Å². The standard InChI is InChI=1S/C20H19NO5S/c1-14-11-17(12-20(22)25-14)26-16-9-10-21(13-16)27(23,24)19-8-4-6-15-5-2-3-7-18(15)19/h2-8,11-12,16H,9-10,13H2,1H3. The van der Waals surface area contributed by atoms with Gasteiger partial charge in [0.15, 0.2) is 0 Å². The Kier molecular flexibility index (Phi) is 4.49. The third-order valence-electron chi connectivity index (χ3n) is 4.65. The second kappa shape index (κ2) is 6.83. The van der Waals surface area contributed by atoms with Gasteiger partial charge >= 0.3 is 5.63 Å². The van der Waals surface area contributed by atoms with Gasteiger partial charge in [0.1, 0.15) is 17.6 Å². The third kappa shape index (κ3) is 3.48. The Bertz CT molecular complexity index is 1150. The van der Waals surface area contributed by atoms with Crippen molar-refractivity contribution in [2.75, 3.05) is 13.1 Å². The van der Waals surface area contributed by atoms with Gasteiger partial charge in [0.2, 0.25) is 10.0 Å². The lowest BCUT2D eigenvalue weighted by Crippen LogP contribution is -2.31. The maximum Gasteiger partial charge on any atom is 0.339 e. The summed E-state index contributed by atoms with van der Waals surface area (Å²) in [5.74, 6) is 0.855. The van der Waals surface area contributed by atoms with Gasteiger partial charge in [-0.25, -0.2) is 13.2 Å². The van der Waals surface area contributed by atoms with Crippen molar-refractivity contribution in [2.45, 2.75) is 24.3 Å². The molecular weight excluding hydrogens is 366 g/mol. The topological polar surface area (TPSA) is 76.8 Å². The summed E-state index contributed by atoms with van der Waals surface area (Å²) in [6, 6.07) is 15.6. The number of ether oxygens (including phenoxy) is 1. The molecule has 0 saturated carbocycles. The molecule has 7 heteroatoms. The van der Waals surface area contributed by atoms with E-state index in [0.29, 0.717) is 34.8 Å². The number of rotatable bonds is 4. The molecule has 1 aliphatic heterocycles. The highest BCUT2D eigenvalue weighted by Crippen LogP contribution is 2.29. The van der Waals surface area contributed by atoms with E-state index in [1.54, 1.807) is 25.1 Å². The van der Waals surface area contributed by atoms with E-state index in [4.69, 9.17) is 9.15 Å². The Morgan fingerprint density at radius 2 is 1.89 bits per heavy atom. The van der Waals surface area contributed by atoms with E-state index < -0.39 is 15.6 Å². The zero-order chi connectivity index (χ0) is 19.0. The van der Waals surface area contributed by atoms with Crippen LogP contribution in [0.25, 0.3) is 10.8 Å². The third-order valence-corrected chi connectivity index (χ3v) is 6.57. The van der Waals surface area contributed by atoms with Crippen molar-refractivity contribution in [1.82, 2.24) is 4.31 Å². The van der Waals surface area contributed by atoms with Gasteiger partial charge in [-0.05, 0) is 24.8 Å². The number of hydrogen-bond acceptors (Lipinski definition) is 5. The minimum atomic E-state index is -3.63. The highest BCUT2D eigenvalue weighted by Gasteiger charge is 2.34. The first-order chi connectivity index (χ1) is 12.9. The first kappa shape index (κ1) is 17.8. The predicted molar refractivity (Wildman–Crippen MR) is 101 cm³/mol. The first-order valence-corrected chi connectivity index (χ1v) is 10.1. The van der Waals surface area contributed by atoms with Crippen LogP contribution in [0.2, 0.25) is 0 Å². The second-order valence-corrected chi connectivity index (χ2v) is 8.50. The second-order valence-electron chi connectivity index (χ2n) is 6.59. The van der Waals surface area contributed by atoms with E-state index >= 15 is 0 Å². The number of sulfonamides is 1. The monoisotopic (exact) mass is 385 g/mol. The van der Waals surface area contributed by atoms with Gasteiger partial charge in [-0.1, -0.05) is 36.4 Å². The van der Waals surface area contributed by atoms with Crippen molar-refractivity contribution >= 4 is 20.8 Å². The molecule has 1 aliphatic rings. The Hall–Kier alpha value is -2.64. The quantitative estimate of drug-likeness (QED) is 0.690. The maximum atomic E-state index is 13.2. The molecule has 1 aromatic heterocycles. The minimum Gasteiger partial charge on any atom is -0.489 e. The van der Waals surface area contributed by atoms with E-state index in [9.17, 15) is 13.2 Å². The van der Waals surface area contributed by atoms with Gasteiger partial charge in [0.05, 0.1) is 17.5 Å². The molecule has 1 atom stereocenters. The molecule has 140 valence electrons. The van der Waals surface area contributed by atoms with Crippen molar-refractivity contribution in [3.8, 4) is 5.75 Å². The van der Waals surface area contributed by atoms with Crippen LogP contribution in [-0.4, -0.2) is 31.9 Å². The Labute approximate surface area is 157 Å². The van der Waals surface area contributed by atoms with Crippen molar-refractivity contribution in [2.24, 2.45) is 0 Å². The average Bonchev–Trinajstić information content (AvgIpc) is 3.09. The molecule has 0 radical (unpaired) electrons. The lowest BCUT2D eigenvalue weighted by atomic mass is 10.1. The smallest absolute Gasteiger partial charge is 0.339 e. The van der Waals surface area contributed by atoms with Crippen LogP contribution in [0.15, 0.2) is 68.7 Å². The summed E-state index contributed by atoms with van der Waals surface area (Å²) in [5.41, 5.74) is -0.483. The summed E-state index contributed by atoms with van der Waals surface area (Å²) in [6.07, 6.45) is 0.249. The van der Waals surface area contributed by atoms with Crippen LogP contribution in [0.5, 0.6) is 5.75 Å². The maximum absolute atomic E-state index is 13.2. The van der Waals surface area contributed by atoms with Crippen LogP contribution < -0.4 is 10.4 Å². The number of hydrogen-bond donors (Lipinski definition) is 0. The molecule has 0 bridgehead atoms. The van der Waals surface area contributed by atoms with E-state index in [2.05, 4.69) is 0 Å². The number of aryl methyl sites for hydroxylation is 1. The molecule has 1 fully saturated rings. The van der Waals surface area contributed by atoms with Crippen LogP contribution >= 0.6 is 0 Å². The Morgan fingerprint density at radius 1 is 1.11 bits per heavy atom. The van der Waals surface area contributed by atoms with Crippen LogP contribution in [0.4, 0.5) is 0 Å². The number of nitrogens with zero attached hydrogens (tertiary/aromatic N) is 1. The van der Waals surface area contributed by atoms with Crippen molar-refractivity contribution in [1.29, 1.82) is 0 Å². The van der Waals surface area contributed by atoms with Gasteiger partial charge in [-0.15, -0.1) is 0 Å². The van der Waals surface area contributed by atoms with E-state index in [1.165, 1.54) is 10.4 Å². The predicted octanol–water partition coefficient (Wildman–Crippen LogP) is 2.94. The normalized spacial score (nSPS) is 18.0. The fraction of sp³-hybridized carbons (Fsp3) is 0.250. The fourth-order valence-corrected chi connectivity index (χ4v) is 5.11. The molecule has 0 aliphatic carbocycles. The summed E-state index contributed by atoms with van der Waals surface area (Å²) in [6.45, 7) is 2.28. The largest absolute Gasteiger partial charge is 0.489 e. The Balaban J connectivity index is 1.58. The molecule has 1 unspecified atom stereocenters. The van der Waals surface area contributed by atoms with Gasteiger partial charge < -0.3 is 9.15 Å². The molecular formula is C20H19NO5S. The van der Waals surface area contributed by atoms with Crippen LogP contribution in [0.3, 0.4) is 0 Å². The molecule has 1 saturated heterocycles. The summed E-state index contributed by atoms with van der Waals surface area (Å²) in [5, 5.41) is 1.60. The molecule has 3 aromatic rings. The minimum absolute atomic E-state index is 0.241. The summed E-state index contributed by atoms with van der Waals surface area (Å²) >= 11 is 0. The SMILES string of the molecule is Cc1cc(OC2CCN(S(=O)(=O)c3cccc4ccccc34)C2)cc(=O)o1. The van der Waals surface area contributed by atoms with Gasteiger partial charge in [-0.3, -0.25) is 0 Å². The van der Waals surface area contributed by atoms with Gasteiger partial charge in [-0.2, -0.15) is 4.31 Å². The number of benzene rings is 2. The highest BCUT2D eigenvalue weighted by molar-refractivity contribution is 7.89. The first-order valence-electron chi connectivity index (χ1n) is 8.70. The molecule has 0 spiro atoms. The summed E-state index contributed by atoms with van der Waals surface area (Å²) < 4.78 is 38.5. The zero-order valence-corrected chi connectivity index (χ0v) is 15.6. The molecule has 4 rings (SSSR count). The van der Waals surface area contributed by atoms with Crippen LogP contribution in [0, 0.1) is 6.92 Å². The fourth-order valence-electron chi connectivity index (χ4n) is 3.41. The highest BCUT2D eigenvalue weighted by atomic mass is 32.2. The number of fused-ring (bicyclic) bond motifs is 1. The van der Waals surface area contributed by atoms with Crippen molar-refractivity contribution in [3.05, 3.63) is 70.8 Å². The van der Waals surface area contributed by atoms with Gasteiger partial charge in [0, 0.05) is 18.0 Å². The van der Waals surface area contributed by atoms with E-state index in [1.807, 2.05) is 30.3 Å². The van der Waals surface area contributed by atoms with Crippen LogP contribution in [0.1, 0.15) is 12.2 Å². The lowest BCUT2D eigenvalue weighted by molar-refractivity contribution is 0.213.